The highest BCUT2D eigenvalue weighted by molar-refractivity contribution is 5.76. The second kappa shape index (κ2) is 14.7. The Morgan fingerprint density at radius 1 is 1.14 bits per heavy atom. The minimum atomic E-state index is 0.270. The number of allylic oxidation sites excluding steroid dienone is 8. The van der Waals surface area contributed by atoms with Crippen LogP contribution >= 0.6 is 0 Å². The highest BCUT2D eigenvalue weighted by Gasteiger charge is 2.24. The third-order valence-electron chi connectivity index (χ3n) is 7.23. The monoisotopic (exact) mass is 507 g/mol. The van der Waals surface area contributed by atoms with Crippen molar-refractivity contribution < 1.29 is 9.50 Å². The lowest BCUT2D eigenvalue weighted by atomic mass is 10.0. The Balaban J connectivity index is 1.91. The molecule has 3 heterocycles. The number of aliphatic imine (C=N–C) groups is 1. The van der Waals surface area contributed by atoms with E-state index in [4.69, 9.17) is 9.97 Å². The van der Waals surface area contributed by atoms with Crippen LogP contribution in [0.1, 0.15) is 64.3 Å². The number of aliphatic hydroxyl groups excluding tert-OH is 1. The Morgan fingerprint density at radius 3 is 2.59 bits per heavy atom. The van der Waals surface area contributed by atoms with Gasteiger partial charge in [0, 0.05) is 31.3 Å². The van der Waals surface area contributed by atoms with Crippen LogP contribution in [0, 0.1) is 5.92 Å². The van der Waals surface area contributed by atoms with Gasteiger partial charge >= 0.3 is 0 Å². The molecule has 2 aliphatic rings. The highest BCUT2D eigenvalue weighted by Crippen LogP contribution is 2.27. The van der Waals surface area contributed by atoms with Gasteiger partial charge in [-0.3, -0.25) is 9.89 Å². The van der Waals surface area contributed by atoms with Gasteiger partial charge in [-0.25, -0.2) is 14.4 Å². The van der Waals surface area contributed by atoms with Gasteiger partial charge in [-0.05, 0) is 102 Å². The Labute approximate surface area is 221 Å². The first-order chi connectivity index (χ1) is 18.0. The minimum Gasteiger partial charge on any atom is -0.396 e. The Hall–Kier alpha value is -2.90. The predicted octanol–water partition coefficient (Wildman–Crippen LogP) is 5.99. The normalized spacial score (nSPS) is 22.8. The number of aromatic nitrogens is 2. The molecule has 2 saturated heterocycles. The summed E-state index contributed by atoms with van der Waals surface area (Å²) in [6.07, 6.45) is 17.0. The number of rotatable bonds is 10. The second-order valence-electron chi connectivity index (χ2n) is 9.98. The average molecular weight is 508 g/mol. The van der Waals surface area contributed by atoms with Gasteiger partial charge in [0.25, 0.3) is 0 Å². The maximum Gasteiger partial charge on any atom is 0.226 e. The van der Waals surface area contributed by atoms with Crippen molar-refractivity contribution in [2.75, 3.05) is 37.7 Å². The van der Waals surface area contributed by atoms with E-state index in [0.29, 0.717) is 24.2 Å². The molecule has 0 radical (unpaired) electrons. The summed E-state index contributed by atoms with van der Waals surface area (Å²) in [6.45, 7) is 13.9. The molecule has 2 atom stereocenters. The van der Waals surface area contributed by atoms with Crippen molar-refractivity contribution >= 4 is 23.8 Å². The molecule has 0 aliphatic carbocycles. The number of halogens is 1. The summed E-state index contributed by atoms with van der Waals surface area (Å²) in [5.41, 5.74) is 4.32. The Bertz CT molecular complexity index is 1060. The van der Waals surface area contributed by atoms with Crippen molar-refractivity contribution in [3.8, 4) is 0 Å². The number of likely N-dealkylation sites (tertiary alicyclic amines) is 1. The van der Waals surface area contributed by atoms with Crippen LogP contribution in [-0.2, 0) is 0 Å². The fourth-order valence-corrected chi connectivity index (χ4v) is 4.95. The smallest absolute Gasteiger partial charge is 0.226 e. The summed E-state index contributed by atoms with van der Waals surface area (Å²) < 4.78 is 12.8. The third kappa shape index (κ3) is 8.30. The van der Waals surface area contributed by atoms with Crippen molar-refractivity contribution in [3.05, 3.63) is 65.9 Å². The predicted molar refractivity (Wildman–Crippen MR) is 153 cm³/mol. The summed E-state index contributed by atoms with van der Waals surface area (Å²) in [5, 5.41) is 9.51. The Morgan fingerprint density at radius 2 is 1.92 bits per heavy atom. The van der Waals surface area contributed by atoms with E-state index < -0.39 is 0 Å². The molecule has 0 bridgehead atoms. The molecule has 1 N–H and O–H groups in total. The average Bonchev–Trinajstić information content (AvgIpc) is 3.21. The summed E-state index contributed by atoms with van der Waals surface area (Å²) in [7, 11) is 0. The molecule has 2 aliphatic heterocycles. The number of nitrogens with zero attached hydrogens (tertiary/aromatic N) is 5. The van der Waals surface area contributed by atoms with Gasteiger partial charge in [-0.2, -0.15) is 0 Å². The van der Waals surface area contributed by atoms with E-state index in [1.165, 1.54) is 6.08 Å². The topological polar surface area (TPSA) is 64.9 Å². The van der Waals surface area contributed by atoms with Gasteiger partial charge in [-0.1, -0.05) is 24.3 Å². The van der Waals surface area contributed by atoms with E-state index >= 15 is 0 Å². The van der Waals surface area contributed by atoms with Crippen LogP contribution in [0.2, 0.25) is 0 Å². The van der Waals surface area contributed by atoms with Gasteiger partial charge in [0.05, 0.1) is 23.4 Å². The molecule has 37 heavy (non-hydrogen) atoms. The molecule has 0 amide bonds. The van der Waals surface area contributed by atoms with Crippen LogP contribution in [0.4, 0.5) is 10.3 Å². The van der Waals surface area contributed by atoms with Crippen molar-refractivity contribution in [1.82, 2.24) is 14.9 Å². The lowest BCUT2D eigenvalue weighted by Gasteiger charge is -2.23. The summed E-state index contributed by atoms with van der Waals surface area (Å²) >= 11 is 0. The lowest BCUT2D eigenvalue weighted by molar-refractivity contribution is 0.210. The van der Waals surface area contributed by atoms with Gasteiger partial charge in [-0.15, -0.1) is 0 Å². The quantitative estimate of drug-likeness (QED) is 0.311. The molecule has 200 valence electrons. The fourth-order valence-electron chi connectivity index (χ4n) is 4.95. The van der Waals surface area contributed by atoms with Crippen LogP contribution < -0.4 is 4.90 Å². The summed E-state index contributed by atoms with van der Waals surface area (Å²) in [6, 6.07) is 2.34. The molecule has 3 rings (SSSR count). The fraction of sp³-hybridized carbons (Fsp3) is 0.500. The Kier molecular flexibility index (Phi) is 11.4. The molecule has 2 fully saturated rings. The third-order valence-corrected chi connectivity index (χ3v) is 7.23. The number of anilines is 1. The van der Waals surface area contributed by atoms with Gasteiger partial charge in [0.15, 0.2) is 0 Å². The van der Waals surface area contributed by atoms with Crippen LogP contribution in [0.15, 0.2) is 59.5 Å². The lowest BCUT2D eigenvalue weighted by Crippen LogP contribution is -2.28. The first-order valence-corrected chi connectivity index (χ1v) is 13.4. The van der Waals surface area contributed by atoms with E-state index in [2.05, 4.69) is 28.4 Å². The van der Waals surface area contributed by atoms with Gasteiger partial charge in [0.2, 0.25) is 5.95 Å². The molecule has 0 aromatic carbocycles. The molecule has 7 heteroatoms. The second-order valence-corrected chi connectivity index (χ2v) is 9.98. The molecule has 1 aromatic rings. The first-order valence-electron chi connectivity index (χ1n) is 13.4. The zero-order valence-electron chi connectivity index (χ0n) is 22.6. The maximum atomic E-state index is 12.8. The van der Waals surface area contributed by atoms with Crippen LogP contribution in [0.3, 0.4) is 0 Å². The molecule has 0 spiro atoms. The number of aliphatic hydroxyl groups is 1. The molecular formula is C30H42FN5O. The summed E-state index contributed by atoms with van der Waals surface area (Å²) in [5.74, 6) is 1.11. The van der Waals surface area contributed by atoms with Crippen LogP contribution in [-0.4, -0.2) is 65.5 Å². The van der Waals surface area contributed by atoms with Crippen molar-refractivity contribution in [2.45, 2.75) is 58.9 Å². The zero-order chi connectivity index (χ0) is 26.6. The van der Waals surface area contributed by atoms with Gasteiger partial charge < -0.3 is 10.0 Å². The standard InChI is InChI=1S/C30H42FN5O/c1-5-9-26(12-6-16-31)29-20-28(33-30(34-29)36-18-7-10-24(36)3)23(2)13-14-27(32-4)21-35-17-8-11-25(22-37)15-19-35/h5-6,9,12-14,16,20,24-25,37H,4,7-8,10-11,15,17-19,21-22H2,1-3H3/b9-5-,16-6+,23-13+,26-12+,27-14-. The zero-order valence-corrected chi connectivity index (χ0v) is 22.6. The SMILES string of the molecule is C=N/C(=C\C=C(/C)c1cc(C(/C=C\C)=C/C=C/F)nc(N2CCCC2C)n1)CN1CCCC(CO)CC1. The first kappa shape index (κ1) is 28.7. The van der Waals surface area contributed by atoms with E-state index in [-0.39, 0.29) is 6.61 Å². The summed E-state index contributed by atoms with van der Waals surface area (Å²) in [4.78, 5) is 18.7. The minimum absolute atomic E-state index is 0.270. The van der Waals surface area contributed by atoms with Crippen molar-refractivity contribution in [1.29, 1.82) is 0 Å². The highest BCUT2D eigenvalue weighted by atomic mass is 19.1. The van der Waals surface area contributed by atoms with Crippen molar-refractivity contribution in [3.63, 3.8) is 0 Å². The van der Waals surface area contributed by atoms with Crippen LogP contribution in [0.25, 0.3) is 11.1 Å². The van der Waals surface area contributed by atoms with E-state index in [1.54, 1.807) is 6.08 Å². The maximum absolute atomic E-state index is 12.8. The number of hydrogen-bond donors (Lipinski definition) is 1. The molecule has 2 unspecified atom stereocenters. The molecule has 6 nitrogen and oxygen atoms in total. The van der Waals surface area contributed by atoms with Gasteiger partial charge in [0.1, 0.15) is 0 Å². The van der Waals surface area contributed by atoms with E-state index in [1.807, 2.05) is 44.2 Å². The van der Waals surface area contributed by atoms with E-state index in [0.717, 1.165) is 86.5 Å². The number of hydrogen-bond acceptors (Lipinski definition) is 6. The van der Waals surface area contributed by atoms with E-state index in [9.17, 15) is 9.50 Å². The molecular weight excluding hydrogens is 465 g/mol. The van der Waals surface area contributed by atoms with Crippen molar-refractivity contribution in [2.24, 2.45) is 10.9 Å². The molecule has 0 saturated carbocycles. The van der Waals surface area contributed by atoms with Crippen LogP contribution in [0.5, 0.6) is 0 Å². The largest absolute Gasteiger partial charge is 0.396 e. The molecule has 1 aromatic heterocycles.